The predicted octanol–water partition coefficient (Wildman–Crippen LogP) is 2.84. The van der Waals surface area contributed by atoms with E-state index in [1.807, 2.05) is 0 Å². The zero-order valence-electron chi connectivity index (χ0n) is 9.05. The number of pyridine rings is 1. The van der Waals surface area contributed by atoms with Crippen molar-refractivity contribution in [2.45, 2.75) is 12.2 Å². The molecule has 0 aromatic carbocycles. The third-order valence-corrected chi connectivity index (χ3v) is 3.57. The maximum atomic E-state index is 6.00. The molecule has 0 aliphatic rings. The minimum atomic E-state index is 0.399. The zero-order valence-corrected chi connectivity index (χ0v) is 11.4. The SMILES string of the molecule is CSC(C)CNc1nc(NN)c(Cl)cc1Cl. The van der Waals surface area contributed by atoms with Crippen LogP contribution in [0.25, 0.3) is 0 Å². The van der Waals surface area contributed by atoms with Gasteiger partial charge in [-0.1, -0.05) is 30.1 Å². The fraction of sp³-hybridized carbons (Fsp3) is 0.444. The van der Waals surface area contributed by atoms with E-state index in [0.717, 1.165) is 6.54 Å². The van der Waals surface area contributed by atoms with Crippen LogP contribution in [-0.2, 0) is 0 Å². The summed E-state index contributed by atoms with van der Waals surface area (Å²) in [5, 5.41) is 4.50. The standard InChI is InChI=1S/C9H14Cl2N4S/c1-5(16-2)4-13-8-6(10)3-7(11)9(14-8)15-12/h3,5H,4,12H2,1-2H3,(H2,13,14,15). The fourth-order valence-electron chi connectivity index (χ4n) is 1.02. The summed E-state index contributed by atoms with van der Waals surface area (Å²) in [5.74, 6) is 6.27. The van der Waals surface area contributed by atoms with Crippen molar-refractivity contribution < 1.29 is 0 Å². The summed E-state index contributed by atoms with van der Waals surface area (Å²) < 4.78 is 0. The number of anilines is 2. The maximum Gasteiger partial charge on any atom is 0.161 e. The van der Waals surface area contributed by atoms with Crippen molar-refractivity contribution in [1.29, 1.82) is 0 Å². The van der Waals surface area contributed by atoms with Gasteiger partial charge in [0.05, 0.1) is 10.0 Å². The molecule has 0 aliphatic heterocycles. The molecule has 4 N–H and O–H groups in total. The summed E-state index contributed by atoms with van der Waals surface area (Å²) in [6.07, 6.45) is 2.05. The highest BCUT2D eigenvalue weighted by molar-refractivity contribution is 7.99. The molecule has 1 heterocycles. The van der Waals surface area contributed by atoms with Crippen LogP contribution in [0.3, 0.4) is 0 Å². The molecule has 0 spiro atoms. The second-order valence-corrected chi connectivity index (χ2v) is 5.31. The lowest BCUT2D eigenvalue weighted by Gasteiger charge is -2.13. The minimum Gasteiger partial charge on any atom is -0.368 e. The van der Waals surface area contributed by atoms with E-state index in [2.05, 4.69) is 28.9 Å². The molecular weight excluding hydrogens is 267 g/mol. The average molecular weight is 281 g/mol. The molecule has 0 radical (unpaired) electrons. The van der Waals surface area contributed by atoms with Crippen LogP contribution in [0.2, 0.25) is 10.0 Å². The van der Waals surface area contributed by atoms with E-state index in [0.29, 0.717) is 26.9 Å². The highest BCUT2D eigenvalue weighted by atomic mass is 35.5. The predicted molar refractivity (Wildman–Crippen MR) is 73.5 cm³/mol. The van der Waals surface area contributed by atoms with Crippen LogP contribution < -0.4 is 16.6 Å². The Balaban J connectivity index is 2.79. The Hall–Kier alpha value is -0.360. The minimum absolute atomic E-state index is 0.399. The number of nitrogens with zero attached hydrogens (tertiary/aromatic N) is 1. The number of aromatic nitrogens is 1. The van der Waals surface area contributed by atoms with Gasteiger partial charge in [-0.15, -0.1) is 0 Å². The Morgan fingerprint density at radius 1 is 1.44 bits per heavy atom. The molecule has 0 fully saturated rings. The van der Waals surface area contributed by atoms with Crippen LogP contribution in [0.15, 0.2) is 6.07 Å². The molecule has 90 valence electrons. The molecule has 1 aromatic rings. The van der Waals surface area contributed by atoms with E-state index in [-0.39, 0.29) is 0 Å². The third kappa shape index (κ3) is 3.59. The van der Waals surface area contributed by atoms with Gasteiger partial charge in [0.25, 0.3) is 0 Å². The molecule has 7 heteroatoms. The normalized spacial score (nSPS) is 12.3. The van der Waals surface area contributed by atoms with Crippen LogP contribution in [0.5, 0.6) is 0 Å². The van der Waals surface area contributed by atoms with Crippen molar-refractivity contribution in [3.63, 3.8) is 0 Å². The monoisotopic (exact) mass is 280 g/mol. The molecule has 1 unspecified atom stereocenters. The first-order chi connectivity index (χ1) is 7.58. The number of nitrogens with one attached hydrogen (secondary N) is 2. The molecule has 0 aliphatic carbocycles. The van der Waals surface area contributed by atoms with E-state index < -0.39 is 0 Å². The van der Waals surface area contributed by atoms with Gasteiger partial charge in [0.1, 0.15) is 5.82 Å². The van der Waals surface area contributed by atoms with Crippen LogP contribution in [-0.4, -0.2) is 23.0 Å². The van der Waals surface area contributed by atoms with Gasteiger partial charge in [-0.25, -0.2) is 10.8 Å². The topological polar surface area (TPSA) is 63.0 Å². The van der Waals surface area contributed by atoms with E-state index >= 15 is 0 Å². The number of hydrogen-bond donors (Lipinski definition) is 3. The van der Waals surface area contributed by atoms with Gasteiger partial charge in [0.2, 0.25) is 0 Å². The molecule has 4 nitrogen and oxygen atoms in total. The second kappa shape index (κ2) is 6.39. The Morgan fingerprint density at radius 2 is 2.06 bits per heavy atom. The highest BCUT2D eigenvalue weighted by Gasteiger charge is 2.09. The molecular formula is C9H14Cl2N4S. The molecule has 0 bridgehead atoms. The van der Waals surface area contributed by atoms with Crippen LogP contribution in [0.1, 0.15) is 6.92 Å². The van der Waals surface area contributed by atoms with Gasteiger partial charge in [-0.05, 0) is 12.3 Å². The Bertz CT molecular complexity index is 362. The Labute approximate surface area is 109 Å². The quantitative estimate of drug-likeness (QED) is 0.572. The first-order valence-electron chi connectivity index (χ1n) is 4.67. The van der Waals surface area contributed by atoms with Crippen LogP contribution in [0.4, 0.5) is 11.6 Å². The molecule has 1 atom stereocenters. The summed E-state index contributed by atoms with van der Waals surface area (Å²) in [6, 6.07) is 1.61. The maximum absolute atomic E-state index is 6.00. The van der Waals surface area contributed by atoms with Gasteiger partial charge >= 0.3 is 0 Å². The smallest absolute Gasteiger partial charge is 0.161 e. The summed E-state index contributed by atoms with van der Waals surface area (Å²) in [4.78, 5) is 4.18. The number of thioether (sulfide) groups is 1. The van der Waals surface area contributed by atoms with E-state index in [1.165, 1.54) is 0 Å². The first-order valence-corrected chi connectivity index (χ1v) is 6.72. The van der Waals surface area contributed by atoms with Crippen molar-refractivity contribution in [2.75, 3.05) is 23.5 Å². The molecule has 16 heavy (non-hydrogen) atoms. The van der Waals surface area contributed by atoms with Crippen molar-refractivity contribution in [1.82, 2.24) is 4.98 Å². The Morgan fingerprint density at radius 3 is 2.62 bits per heavy atom. The summed E-state index contributed by atoms with van der Waals surface area (Å²) >= 11 is 13.6. The lowest BCUT2D eigenvalue weighted by atomic mass is 10.4. The molecule has 0 saturated heterocycles. The molecule has 0 saturated carbocycles. The van der Waals surface area contributed by atoms with Gasteiger partial charge in [0.15, 0.2) is 5.82 Å². The fourth-order valence-corrected chi connectivity index (χ4v) is 1.75. The largest absolute Gasteiger partial charge is 0.368 e. The average Bonchev–Trinajstić information content (AvgIpc) is 2.27. The van der Waals surface area contributed by atoms with Gasteiger partial charge in [-0.3, -0.25) is 0 Å². The van der Waals surface area contributed by atoms with Crippen molar-refractivity contribution in [3.05, 3.63) is 16.1 Å². The third-order valence-electron chi connectivity index (χ3n) is 2.03. The van der Waals surface area contributed by atoms with Gasteiger partial charge < -0.3 is 10.7 Å². The summed E-state index contributed by atoms with van der Waals surface area (Å²) in [7, 11) is 0. The number of nitrogen functional groups attached to an aromatic ring is 1. The van der Waals surface area contributed by atoms with Crippen LogP contribution in [0, 0.1) is 0 Å². The van der Waals surface area contributed by atoms with Crippen molar-refractivity contribution in [2.24, 2.45) is 5.84 Å². The lowest BCUT2D eigenvalue weighted by Crippen LogP contribution is -2.15. The first kappa shape index (κ1) is 13.7. The van der Waals surface area contributed by atoms with Gasteiger partial charge in [-0.2, -0.15) is 11.8 Å². The Kier molecular flexibility index (Phi) is 5.48. The number of rotatable bonds is 5. The number of nitrogens with two attached hydrogens (primary N) is 1. The molecule has 1 rings (SSSR count). The zero-order chi connectivity index (χ0) is 12.1. The van der Waals surface area contributed by atoms with Crippen molar-refractivity contribution >= 4 is 46.6 Å². The van der Waals surface area contributed by atoms with E-state index in [4.69, 9.17) is 29.0 Å². The molecule has 0 amide bonds. The van der Waals surface area contributed by atoms with E-state index in [1.54, 1.807) is 17.8 Å². The van der Waals surface area contributed by atoms with E-state index in [9.17, 15) is 0 Å². The number of halogens is 2. The van der Waals surface area contributed by atoms with Crippen LogP contribution >= 0.6 is 35.0 Å². The summed E-state index contributed by atoms with van der Waals surface area (Å²) in [5.41, 5.74) is 2.42. The lowest BCUT2D eigenvalue weighted by molar-refractivity contribution is 0.991. The van der Waals surface area contributed by atoms with Crippen molar-refractivity contribution in [3.8, 4) is 0 Å². The number of hydrogen-bond acceptors (Lipinski definition) is 5. The molecule has 1 aromatic heterocycles. The summed E-state index contributed by atoms with van der Waals surface area (Å²) in [6.45, 7) is 2.89. The number of hydrazine groups is 1. The highest BCUT2D eigenvalue weighted by Crippen LogP contribution is 2.28. The second-order valence-electron chi connectivity index (χ2n) is 3.22. The van der Waals surface area contributed by atoms with Gasteiger partial charge in [0, 0.05) is 11.8 Å².